The van der Waals surface area contributed by atoms with Gasteiger partial charge in [-0.15, -0.1) is 0 Å². The first-order valence-electron chi connectivity index (χ1n) is 6.99. The van der Waals surface area contributed by atoms with Gasteiger partial charge in [0.25, 0.3) is 0 Å². The van der Waals surface area contributed by atoms with Gasteiger partial charge in [-0.2, -0.15) is 0 Å². The molecule has 0 fully saturated rings. The van der Waals surface area contributed by atoms with Crippen molar-refractivity contribution < 1.29 is 19.1 Å². The first-order valence-corrected chi connectivity index (χ1v) is 8.56. The van der Waals surface area contributed by atoms with Crippen LogP contribution in [0.15, 0.2) is 46.2 Å². The van der Waals surface area contributed by atoms with E-state index in [2.05, 4.69) is 10.6 Å². The zero-order valence-electron chi connectivity index (χ0n) is 13.3. The van der Waals surface area contributed by atoms with E-state index in [1.807, 2.05) is 0 Å². The Morgan fingerprint density at radius 1 is 0.840 bits per heavy atom. The zero-order chi connectivity index (χ0) is 18.4. The fourth-order valence-electron chi connectivity index (χ4n) is 1.69. The summed E-state index contributed by atoms with van der Waals surface area (Å²) in [6, 6.07) is 10.1. The lowest BCUT2D eigenvalue weighted by molar-refractivity contribution is 0.202. The molecule has 0 spiro atoms. The van der Waals surface area contributed by atoms with E-state index < -0.39 is 12.2 Å². The molecule has 0 unspecified atom stereocenters. The number of benzene rings is 2. The smallest absolute Gasteiger partial charge is 0.409 e. The van der Waals surface area contributed by atoms with Gasteiger partial charge in [0.15, 0.2) is 11.5 Å². The second-order valence-electron chi connectivity index (χ2n) is 4.57. The molecule has 2 amide bonds. The number of carbonyl (C=O) groups excluding carboxylic acids is 2. The van der Waals surface area contributed by atoms with Crippen molar-refractivity contribution >= 4 is 47.2 Å². The molecule has 0 bridgehead atoms. The van der Waals surface area contributed by atoms with Crippen molar-refractivity contribution in [1.29, 1.82) is 0 Å². The first kappa shape index (κ1) is 19.2. The minimum Gasteiger partial charge on any atom is -0.409 e. The van der Waals surface area contributed by atoms with Crippen molar-refractivity contribution in [2.24, 2.45) is 0 Å². The molecule has 0 aliphatic heterocycles. The summed E-state index contributed by atoms with van der Waals surface area (Å²) in [5.74, 6) is 0.524. The Labute approximate surface area is 158 Å². The highest BCUT2D eigenvalue weighted by Crippen LogP contribution is 2.36. The largest absolute Gasteiger partial charge is 0.412 e. The Kier molecular flexibility index (Phi) is 6.81. The SMILES string of the molecule is CNC(=O)Oc1ccc(Sc2ccc(OC(=O)NC)c(Cl)c2)cc1Cl. The van der Waals surface area contributed by atoms with Crippen LogP contribution in [-0.4, -0.2) is 26.3 Å². The molecule has 0 heterocycles. The van der Waals surface area contributed by atoms with Crippen molar-refractivity contribution in [3.05, 3.63) is 46.4 Å². The Hall–Kier alpha value is -2.09. The monoisotopic (exact) mass is 400 g/mol. The van der Waals surface area contributed by atoms with E-state index in [0.717, 1.165) is 9.79 Å². The second kappa shape index (κ2) is 8.84. The molecule has 2 aromatic carbocycles. The summed E-state index contributed by atoms with van der Waals surface area (Å²) in [7, 11) is 2.92. The molecule has 132 valence electrons. The highest BCUT2D eigenvalue weighted by molar-refractivity contribution is 7.99. The van der Waals surface area contributed by atoms with Crippen LogP contribution in [-0.2, 0) is 0 Å². The van der Waals surface area contributed by atoms with Crippen LogP contribution in [0.5, 0.6) is 11.5 Å². The number of hydrogen-bond donors (Lipinski definition) is 2. The number of amides is 2. The van der Waals surface area contributed by atoms with Crippen LogP contribution in [0.3, 0.4) is 0 Å². The summed E-state index contributed by atoms with van der Waals surface area (Å²) in [5.41, 5.74) is 0. The molecule has 2 rings (SSSR count). The molecule has 9 heteroatoms. The van der Waals surface area contributed by atoms with E-state index in [-0.39, 0.29) is 11.5 Å². The van der Waals surface area contributed by atoms with Gasteiger partial charge in [-0.05, 0) is 36.4 Å². The number of ether oxygens (including phenoxy) is 2. The molecular formula is C16H14Cl2N2O4S. The van der Waals surface area contributed by atoms with Gasteiger partial charge in [0, 0.05) is 23.9 Å². The van der Waals surface area contributed by atoms with Gasteiger partial charge < -0.3 is 20.1 Å². The van der Waals surface area contributed by atoms with Crippen LogP contribution in [0.4, 0.5) is 9.59 Å². The van der Waals surface area contributed by atoms with E-state index in [1.165, 1.54) is 25.9 Å². The number of nitrogens with one attached hydrogen (secondary N) is 2. The normalized spacial score (nSPS) is 10.1. The second-order valence-corrected chi connectivity index (χ2v) is 6.53. The zero-order valence-corrected chi connectivity index (χ0v) is 15.6. The lowest BCUT2D eigenvalue weighted by Crippen LogP contribution is -2.22. The maximum Gasteiger partial charge on any atom is 0.412 e. The topological polar surface area (TPSA) is 76.7 Å². The predicted octanol–water partition coefficient (Wildman–Crippen LogP) is 4.58. The third-order valence-corrected chi connectivity index (χ3v) is 4.43. The van der Waals surface area contributed by atoms with Gasteiger partial charge in [0.2, 0.25) is 0 Å². The molecule has 0 aromatic heterocycles. The highest BCUT2D eigenvalue weighted by Gasteiger charge is 2.10. The molecule has 25 heavy (non-hydrogen) atoms. The number of halogens is 2. The lowest BCUT2D eigenvalue weighted by atomic mass is 10.3. The fourth-order valence-corrected chi connectivity index (χ4v) is 3.16. The summed E-state index contributed by atoms with van der Waals surface area (Å²) in [4.78, 5) is 24.1. The highest BCUT2D eigenvalue weighted by atomic mass is 35.5. The molecule has 2 N–H and O–H groups in total. The summed E-state index contributed by atoms with van der Waals surface area (Å²) in [6.45, 7) is 0. The van der Waals surface area contributed by atoms with Gasteiger partial charge in [-0.3, -0.25) is 0 Å². The average Bonchev–Trinajstić information content (AvgIpc) is 2.59. The Bertz CT molecular complexity index is 736. The van der Waals surface area contributed by atoms with Gasteiger partial charge in [0.1, 0.15) is 0 Å². The number of hydrogen-bond acceptors (Lipinski definition) is 5. The molecule has 2 aromatic rings. The van der Waals surface area contributed by atoms with E-state index in [4.69, 9.17) is 32.7 Å². The third kappa shape index (κ3) is 5.45. The van der Waals surface area contributed by atoms with E-state index in [0.29, 0.717) is 10.0 Å². The van der Waals surface area contributed by atoms with E-state index in [1.54, 1.807) is 36.4 Å². The van der Waals surface area contributed by atoms with Crippen molar-refractivity contribution in [3.63, 3.8) is 0 Å². The third-order valence-electron chi connectivity index (χ3n) is 2.86. The van der Waals surface area contributed by atoms with Crippen LogP contribution in [0, 0.1) is 0 Å². The fraction of sp³-hybridized carbons (Fsp3) is 0.125. The molecule has 0 saturated heterocycles. The minimum absolute atomic E-state index is 0.262. The van der Waals surface area contributed by atoms with Crippen molar-refractivity contribution in [1.82, 2.24) is 10.6 Å². The van der Waals surface area contributed by atoms with Crippen LogP contribution >= 0.6 is 35.0 Å². The van der Waals surface area contributed by atoms with Crippen LogP contribution in [0.2, 0.25) is 10.0 Å². The minimum atomic E-state index is -0.596. The van der Waals surface area contributed by atoms with Crippen molar-refractivity contribution in [2.75, 3.05) is 14.1 Å². The number of carbonyl (C=O) groups is 2. The maximum atomic E-state index is 11.2. The Morgan fingerprint density at radius 3 is 1.56 bits per heavy atom. The first-order chi connectivity index (χ1) is 11.9. The van der Waals surface area contributed by atoms with Crippen molar-refractivity contribution in [2.45, 2.75) is 9.79 Å². The molecule has 0 aliphatic rings. The molecule has 0 aliphatic carbocycles. The van der Waals surface area contributed by atoms with Crippen molar-refractivity contribution in [3.8, 4) is 11.5 Å². The molecule has 0 saturated carbocycles. The molecule has 0 radical (unpaired) electrons. The quantitative estimate of drug-likeness (QED) is 0.784. The van der Waals surface area contributed by atoms with Crippen LogP contribution in [0.1, 0.15) is 0 Å². The van der Waals surface area contributed by atoms with Crippen LogP contribution < -0.4 is 20.1 Å². The average molecular weight is 401 g/mol. The predicted molar refractivity (Wildman–Crippen MR) is 97.2 cm³/mol. The molecule has 0 atom stereocenters. The summed E-state index contributed by atoms with van der Waals surface area (Å²) < 4.78 is 10.0. The molecular weight excluding hydrogens is 387 g/mol. The Morgan fingerprint density at radius 2 is 1.24 bits per heavy atom. The van der Waals surface area contributed by atoms with Crippen LogP contribution in [0.25, 0.3) is 0 Å². The van der Waals surface area contributed by atoms with Gasteiger partial charge in [-0.25, -0.2) is 9.59 Å². The summed E-state index contributed by atoms with van der Waals surface area (Å²) in [5, 5.41) is 5.30. The Balaban J connectivity index is 2.11. The number of rotatable bonds is 4. The standard InChI is InChI=1S/C16H14Cl2N2O4S/c1-19-15(21)23-13-5-3-9(7-11(13)17)25-10-4-6-14(12(18)8-10)24-16(22)20-2/h3-8H,1-2H3,(H,19,21)(H,20,22). The molecule has 6 nitrogen and oxygen atoms in total. The van der Waals surface area contributed by atoms with Gasteiger partial charge in [0.05, 0.1) is 10.0 Å². The maximum absolute atomic E-state index is 11.2. The van der Waals surface area contributed by atoms with E-state index >= 15 is 0 Å². The lowest BCUT2D eigenvalue weighted by Gasteiger charge is -2.09. The summed E-state index contributed by atoms with van der Waals surface area (Å²) >= 11 is 13.6. The van der Waals surface area contributed by atoms with E-state index in [9.17, 15) is 9.59 Å². The van der Waals surface area contributed by atoms with Gasteiger partial charge >= 0.3 is 12.2 Å². The van der Waals surface area contributed by atoms with Gasteiger partial charge in [-0.1, -0.05) is 35.0 Å². The summed E-state index contributed by atoms with van der Waals surface area (Å²) in [6.07, 6.45) is -1.19.